The van der Waals surface area contributed by atoms with Crippen LogP contribution >= 0.6 is 0 Å². The Kier molecular flexibility index (Phi) is 6.40. The maximum atomic E-state index is 13.7. The fourth-order valence-electron chi connectivity index (χ4n) is 4.29. The Morgan fingerprint density at radius 2 is 1.70 bits per heavy atom. The van der Waals surface area contributed by atoms with Gasteiger partial charge in [0.2, 0.25) is 22.7 Å². The summed E-state index contributed by atoms with van der Waals surface area (Å²) < 4.78 is 44.0. The summed E-state index contributed by atoms with van der Waals surface area (Å²) in [5, 5.41) is 0. The number of hydrogen-bond acceptors (Lipinski definition) is 8. The molecule has 0 saturated carbocycles. The highest BCUT2D eigenvalue weighted by Gasteiger charge is 2.47. The van der Waals surface area contributed by atoms with Crippen molar-refractivity contribution in [3.05, 3.63) is 83.9 Å². The van der Waals surface area contributed by atoms with Crippen LogP contribution in [0.2, 0.25) is 0 Å². The lowest BCUT2D eigenvalue weighted by Gasteiger charge is -2.27. The van der Waals surface area contributed by atoms with Crippen molar-refractivity contribution >= 4 is 33.5 Å². The van der Waals surface area contributed by atoms with E-state index < -0.39 is 33.8 Å². The first kappa shape index (κ1) is 24.5. The number of rotatable bonds is 7. The Morgan fingerprint density at radius 1 is 1.00 bits per heavy atom. The molecule has 3 aromatic carbocycles. The Labute approximate surface area is 213 Å². The highest BCUT2D eigenvalue weighted by Crippen LogP contribution is 2.35. The second-order valence-electron chi connectivity index (χ2n) is 8.38. The molecule has 3 aromatic rings. The number of sulfonamides is 1. The minimum absolute atomic E-state index is 0.00290. The summed E-state index contributed by atoms with van der Waals surface area (Å²) in [7, 11) is -2.93. The molecule has 1 saturated heterocycles. The largest absolute Gasteiger partial charge is 0.465 e. The van der Waals surface area contributed by atoms with Gasteiger partial charge in [0, 0.05) is 6.54 Å². The van der Waals surface area contributed by atoms with Crippen LogP contribution in [0.25, 0.3) is 0 Å². The zero-order valence-corrected chi connectivity index (χ0v) is 20.5. The zero-order valence-electron chi connectivity index (χ0n) is 19.7. The summed E-state index contributed by atoms with van der Waals surface area (Å²) in [6, 6.07) is 17.2. The molecule has 190 valence electrons. The van der Waals surface area contributed by atoms with Crippen molar-refractivity contribution in [1.29, 1.82) is 0 Å². The second-order valence-corrected chi connectivity index (χ2v) is 10.3. The van der Waals surface area contributed by atoms with Crippen LogP contribution in [0.15, 0.2) is 77.7 Å². The molecule has 2 aliphatic rings. The molecule has 1 atom stereocenters. The minimum Gasteiger partial charge on any atom is -0.465 e. The predicted molar refractivity (Wildman–Crippen MR) is 130 cm³/mol. The number of esters is 1. The minimum atomic E-state index is -4.18. The maximum absolute atomic E-state index is 13.7. The molecule has 0 aliphatic carbocycles. The van der Waals surface area contributed by atoms with E-state index in [-0.39, 0.29) is 35.9 Å². The van der Waals surface area contributed by atoms with E-state index in [2.05, 4.69) is 4.74 Å². The monoisotopic (exact) mass is 522 g/mol. The molecule has 37 heavy (non-hydrogen) atoms. The van der Waals surface area contributed by atoms with Gasteiger partial charge in [-0.25, -0.2) is 18.1 Å². The number of ether oxygens (including phenoxy) is 3. The van der Waals surface area contributed by atoms with Gasteiger partial charge in [0.15, 0.2) is 11.5 Å². The number of fused-ring (bicyclic) bond motifs is 1. The van der Waals surface area contributed by atoms with E-state index in [0.717, 1.165) is 9.21 Å². The number of carbonyl (C=O) groups excluding carboxylic acids is 3. The van der Waals surface area contributed by atoms with Crippen LogP contribution in [0.3, 0.4) is 0 Å². The molecule has 0 aromatic heterocycles. The number of nitrogens with zero attached hydrogens (tertiary/aromatic N) is 2. The first-order chi connectivity index (χ1) is 17.8. The van der Waals surface area contributed by atoms with Crippen molar-refractivity contribution < 1.29 is 37.0 Å². The SMILES string of the molecule is COC(=O)c1ccc(N2C(=O)CC(N(Cc3ccc4c(c3)OCO4)S(=O)(=O)c3ccccc3)C2=O)cc1. The van der Waals surface area contributed by atoms with Gasteiger partial charge in [0.25, 0.3) is 5.91 Å². The highest BCUT2D eigenvalue weighted by atomic mass is 32.2. The van der Waals surface area contributed by atoms with Crippen molar-refractivity contribution in [3.63, 3.8) is 0 Å². The van der Waals surface area contributed by atoms with Crippen molar-refractivity contribution in [1.82, 2.24) is 4.31 Å². The van der Waals surface area contributed by atoms with Gasteiger partial charge in [-0.1, -0.05) is 24.3 Å². The summed E-state index contributed by atoms with van der Waals surface area (Å²) in [5.74, 6) is -0.797. The maximum Gasteiger partial charge on any atom is 0.337 e. The molecule has 0 N–H and O–H groups in total. The quantitative estimate of drug-likeness (QED) is 0.343. The molecule has 2 heterocycles. The van der Waals surface area contributed by atoms with Crippen LogP contribution in [0.1, 0.15) is 22.3 Å². The first-order valence-electron chi connectivity index (χ1n) is 11.3. The van der Waals surface area contributed by atoms with Crippen LogP contribution < -0.4 is 14.4 Å². The van der Waals surface area contributed by atoms with E-state index in [1.165, 1.54) is 43.5 Å². The molecule has 0 radical (unpaired) electrons. The van der Waals surface area contributed by atoms with E-state index >= 15 is 0 Å². The molecule has 2 amide bonds. The van der Waals surface area contributed by atoms with Crippen molar-refractivity contribution in [2.24, 2.45) is 0 Å². The third-order valence-corrected chi connectivity index (χ3v) is 8.01. The number of imide groups is 1. The zero-order chi connectivity index (χ0) is 26.2. The molecule has 5 rings (SSSR count). The second kappa shape index (κ2) is 9.68. The number of methoxy groups -OCH3 is 1. The van der Waals surface area contributed by atoms with Gasteiger partial charge in [0.05, 0.1) is 29.7 Å². The van der Waals surface area contributed by atoms with Crippen molar-refractivity contribution in [2.75, 3.05) is 18.8 Å². The molecular weight excluding hydrogens is 500 g/mol. The van der Waals surface area contributed by atoms with E-state index in [0.29, 0.717) is 17.1 Å². The number of benzene rings is 3. The average molecular weight is 523 g/mol. The van der Waals surface area contributed by atoms with Gasteiger partial charge in [-0.3, -0.25) is 9.59 Å². The molecule has 2 aliphatic heterocycles. The highest BCUT2D eigenvalue weighted by molar-refractivity contribution is 7.89. The molecule has 10 nitrogen and oxygen atoms in total. The molecular formula is C26H22N2O8S. The van der Waals surface area contributed by atoms with Crippen LogP contribution in [-0.2, 0) is 30.9 Å². The molecule has 0 bridgehead atoms. The van der Waals surface area contributed by atoms with Gasteiger partial charge in [0.1, 0.15) is 6.04 Å². The summed E-state index contributed by atoms with van der Waals surface area (Å²) in [6.45, 7) is -0.114. The van der Waals surface area contributed by atoms with Crippen LogP contribution in [0.5, 0.6) is 11.5 Å². The first-order valence-corrected chi connectivity index (χ1v) is 12.7. The number of amides is 2. The van der Waals surface area contributed by atoms with Crippen LogP contribution in [0.4, 0.5) is 5.69 Å². The standard InChI is InChI=1S/C26H22N2O8S/c1-34-26(31)18-8-10-19(11-9-18)28-24(29)14-21(25(28)30)27(37(32,33)20-5-3-2-4-6-20)15-17-7-12-22-23(13-17)36-16-35-22/h2-13,21H,14-16H2,1H3. The average Bonchev–Trinajstić information content (AvgIpc) is 3.50. The van der Waals surface area contributed by atoms with E-state index in [9.17, 15) is 22.8 Å². The Bertz CT molecular complexity index is 1470. The van der Waals surface area contributed by atoms with E-state index in [1.807, 2.05) is 0 Å². The fourth-order valence-corrected chi connectivity index (χ4v) is 5.88. The third-order valence-electron chi connectivity index (χ3n) is 6.14. The lowest BCUT2D eigenvalue weighted by atomic mass is 10.1. The molecule has 0 spiro atoms. The fraction of sp³-hybridized carbons (Fsp3) is 0.192. The Hall–Kier alpha value is -4.22. The Morgan fingerprint density at radius 3 is 2.41 bits per heavy atom. The van der Waals surface area contributed by atoms with Gasteiger partial charge in [-0.05, 0) is 54.1 Å². The third kappa shape index (κ3) is 4.54. The van der Waals surface area contributed by atoms with Crippen molar-refractivity contribution in [2.45, 2.75) is 23.9 Å². The van der Waals surface area contributed by atoms with E-state index in [4.69, 9.17) is 9.47 Å². The van der Waals surface area contributed by atoms with Crippen LogP contribution in [-0.4, -0.2) is 50.5 Å². The molecule has 1 unspecified atom stereocenters. The summed E-state index contributed by atoms with van der Waals surface area (Å²) >= 11 is 0. The normalized spacial score (nSPS) is 16.9. The Balaban J connectivity index is 1.50. The molecule has 1 fully saturated rings. The lowest BCUT2D eigenvalue weighted by molar-refractivity contribution is -0.122. The summed E-state index contributed by atoms with van der Waals surface area (Å²) in [6.07, 6.45) is -0.339. The van der Waals surface area contributed by atoms with E-state index in [1.54, 1.807) is 36.4 Å². The smallest absolute Gasteiger partial charge is 0.337 e. The number of hydrogen-bond donors (Lipinski definition) is 0. The van der Waals surface area contributed by atoms with Gasteiger partial charge >= 0.3 is 5.97 Å². The number of carbonyl (C=O) groups is 3. The number of anilines is 1. The molecule has 11 heteroatoms. The van der Waals surface area contributed by atoms with Crippen LogP contribution in [0, 0.1) is 0 Å². The van der Waals surface area contributed by atoms with Gasteiger partial charge < -0.3 is 14.2 Å². The van der Waals surface area contributed by atoms with Gasteiger partial charge in [-0.2, -0.15) is 4.31 Å². The summed E-state index contributed by atoms with van der Waals surface area (Å²) in [4.78, 5) is 39.2. The topological polar surface area (TPSA) is 120 Å². The predicted octanol–water partition coefficient (Wildman–Crippen LogP) is 2.72. The summed E-state index contributed by atoms with van der Waals surface area (Å²) in [5.41, 5.74) is 1.04. The lowest BCUT2D eigenvalue weighted by Crippen LogP contribution is -2.45. The van der Waals surface area contributed by atoms with Gasteiger partial charge in [-0.15, -0.1) is 0 Å². The van der Waals surface area contributed by atoms with Crippen molar-refractivity contribution in [3.8, 4) is 11.5 Å².